The Morgan fingerprint density at radius 1 is 0.857 bits per heavy atom. The summed E-state index contributed by atoms with van der Waals surface area (Å²) < 4.78 is 16.7. The van der Waals surface area contributed by atoms with Gasteiger partial charge in [-0.25, -0.2) is 0 Å². The minimum atomic E-state index is -1.08. The van der Waals surface area contributed by atoms with E-state index in [1.807, 2.05) is 0 Å². The van der Waals surface area contributed by atoms with Crippen molar-refractivity contribution in [3.63, 3.8) is 0 Å². The van der Waals surface area contributed by atoms with Crippen LogP contribution in [0.5, 0.6) is 17.2 Å². The van der Waals surface area contributed by atoms with Gasteiger partial charge in [0.15, 0.2) is 11.5 Å². The maximum atomic E-state index is 9.64. The fourth-order valence-electron chi connectivity index (χ4n) is 5.21. The number of methoxy groups -OCH3 is 3. The summed E-state index contributed by atoms with van der Waals surface area (Å²) in [7, 11) is 5.12. The molecule has 0 bridgehead atoms. The molecule has 2 heterocycles. The minimum absolute atomic E-state index is 0.296. The minimum Gasteiger partial charge on any atom is -0.497 e. The number of benzene rings is 3. The van der Waals surface area contributed by atoms with Gasteiger partial charge in [0, 0.05) is 12.6 Å². The Morgan fingerprint density at radius 2 is 1.49 bits per heavy atom. The molecule has 2 aliphatic heterocycles. The summed E-state index contributed by atoms with van der Waals surface area (Å²) in [5, 5.41) is 20.9. The topological polar surface area (TPSA) is 106 Å². The van der Waals surface area contributed by atoms with Crippen LogP contribution >= 0.6 is 0 Å². The highest BCUT2D eigenvalue weighted by atomic mass is 16.5. The number of hydrogen-bond donors (Lipinski definition) is 2. The van der Waals surface area contributed by atoms with Crippen LogP contribution in [0.15, 0.2) is 30.3 Å². The van der Waals surface area contributed by atoms with Crippen LogP contribution in [0.4, 0.5) is 0 Å². The van der Waals surface area contributed by atoms with Gasteiger partial charge >= 0.3 is 11.9 Å². The van der Waals surface area contributed by atoms with Gasteiger partial charge in [-0.1, -0.05) is 6.07 Å². The quantitative estimate of drug-likeness (QED) is 0.497. The lowest BCUT2D eigenvalue weighted by atomic mass is 9.85. The van der Waals surface area contributed by atoms with Gasteiger partial charge in [0.25, 0.3) is 0 Å². The van der Waals surface area contributed by atoms with Crippen LogP contribution in [0.3, 0.4) is 0 Å². The third kappa shape index (κ3) is 4.98. The first-order chi connectivity index (χ1) is 16.9. The molecule has 0 amide bonds. The maximum absolute atomic E-state index is 9.64. The van der Waals surface area contributed by atoms with E-state index in [1.54, 1.807) is 21.3 Å². The van der Waals surface area contributed by atoms with Gasteiger partial charge in [-0.2, -0.15) is 0 Å². The molecule has 3 aromatic carbocycles. The van der Waals surface area contributed by atoms with Crippen LogP contribution in [0.2, 0.25) is 0 Å². The second kappa shape index (κ2) is 10.4. The predicted octanol–water partition coefficient (Wildman–Crippen LogP) is 4.48. The number of rotatable bonds is 6. The van der Waals surface area contributed by atoms with Crippen LogP contribution in [-0.4, -0.2) is 61.0 Å². The SMILES string of the molecule is COc1ccc2c3c(c4cc(OC)c(OC)cc4c2c1)CN1CCC[C@H]1C3.O=C(O)CCC(=O)O. The van der Waals surface area contributed by atoms with Crippen molar-refractivity contribution in [2.45, 2.75) is 44.7 Å². The first kappa shape index (κ1) is 24.6. The summed E-state index contributed by atoms with van der Waals surface area (Å²) >= 11 is 0. The summed E-state index contributed by atoms with van der Waals surface area (Å²) in [6, 6.07) is 11.4. The lowest BCUT2D eigenvalue weighted by Crippen LogP contribution is -2.35. The van der Waals surface area contributed by atoms with E-state index in [1.165, 1.54) is 52.1 Å². The van der Waals surface area contributed by atoms with Crippen molar-refractivity contribution in [2.24, 2.45) is 0 Å². The van der Waals surface area contributed by atoms with Crippen LogP contribution in [-0.2, 0) is 22.6 Å². The molecule has 1 atom stereocenters. The Balaban J connectivity index is 0.000000314. The standard InChI is InChI=1S/C23H25NO3.C4H6O4/c1-25-15-6-7-16-17-9-14-5-4-8-24(14)13-21(17)20-12-23(27-3)22(26-2)11-19(20)18(16)10-15;5-3(6)1-2-4(7)8/h6-7,10-12,14H,4-5,8-9,13H2,1-3H3;1-2H2,(H,5,6)(H,7,8)/t14-;/m0./s1. The van der Waals surface area contributed by atoms with E-state index in [-0.39, 0.29) is 12.8 Å². The molecular weight excluding hydrogens is 450 g/mol. The lowest BCUT2D eigenvalue weighted by molar-refractivity contribution is -0.143. The molecule has 0 saturated carbocycles. The van der Waals surface area contributed by atoms with E-state index in [2.05, 4.69) is 35.2 Å². The van der Waals surface area contributed by atoms with Gasteiger partial charge in [-0.3, -0.25) is 14.5 Å². The summed E-state index contributed by atoms with van der Waals surface area (Å²) in [5.74, 6) is 0.290. The van der Waals surface area contributed by atoms with E-state index in [9.17, 15) is 9.59 Å². The van der Waals surface area contributed by atoms with E-state index in [4.69, 9.17) is 24.4 Å². The van der Waals surface area contributed by atoms with Gasteiger partial charge in [-0.15, -0.1) is 0 Å². The Kier molecular flexibility index (Phi) is 7.31. The molecular formula is C27H31NO7. The van der Waals surface area contributed by atoms with Gasteiger partial charge in [0.2, 0.25) is 0 Å². The highest BCUT2D eigenvalue weighted by Gasteiger charge is 2.32. The average molecular weight is 482 g/mol. The third-order valence-electron chi connectivity index (χ3n) is 6.91. The molecule has 0 aromatic heterocycles. The number of ether oxygens (including phenoxy) is 3. The Hall–Kier alpha value is -3.52. The molecule has 8 heteroatoms. The number of carbonyl (C=O) groups is 2. The molecule has 35 heavy (non-hydrogen) atoms. The number of hydrogen-bond acceptors (Lipinski definition) is 6. The van der Waals surface area contributed by atoms with Crippen molar-refractivity contribution in [3.8, 4) is 17.2 Å². The monoisotopic (exact) mass is 481 g/mol. The van der Waals surface area contributed by atoms with Crippen molar-refractivity contribution in [1.82, 2.24) is 4.90 Å². The largest absolute Gasteiger partial charge is 0.497 e. The van der Waals surface area contributed by atoms with Gasteiger partial charge in [0.05, 0.1) is 34.2 Å². The zero-order valence-corrected chi connectivity index (χ0v) is 20.3. The molecule has 0 radical (unpaired) electrons. The number of aliphatic carboxylic acids is 2. The first-order valence-corrected chi connectivity index (χ1v) is 11.7. The molecule has 0 aliphatic carbocycles. The Labute approximate surface area is 204 Å². The fraction of sp³-hybridized carbons (Fsp3) is 0.407. The van der Waals surface area contributed by atoms with E-state index >= 15 is 0 Å². The molecule has 5 rings (SSSR count). The van der Waals surface area contributed by atoms with Crippen LogP contribution < -0.4 is 14.2 Å². The normalized spacial score (nSPS) is 16.7. The van der Waals surface area contributed by atoms with Crippen molar-refractivity contribution < 1.29 is 34.0 Å². The average Bonchev–Trinajstić information content (AvgIpc) is 3.33. The smallest absolute Gasteiger partial charge is 0.303 e. The molecule has 8 nitrogen and oxygen atoms in total. The number of carboxylic acid groups (broad SMARTS) is 2. The molecule has 2 aliphatic rings. The lowest BCUT2D eigenvalue weighted by Gasteiger charge is -2.33. The highest BCUT2D eigenvalue weighted by molar-refractivity contribution is 6.12. The Morgan fingerprint density at radius 3 is 2.09 bits per heavy atom. The molecule has 1 saturated heterocycles. The molecule has 0 unspecified atom stereocenters. The first-order valence-electron chi connectivity index (χ1n) is 11.7. The van der Waals surface area contributed by atoms with Crippen LogP contribution in [0.25, 0.3) is 21.5 Å². The van der Waals surface area contributed by atoms with E-state index in [0.29, 0.717) is 6.04 Å². The maximum Gasteiger partial charge on any atom is 0.303 e. The summed E-state index contributed by atoms with van der Waals surface area (Å²) in [6.45, 7) is 2.23. The molecule has 2 N–H and O–H groups in total. The third-order valence-corrected chi connectivity index (χ3v) is 6.91. The molecule has 0 spiro atoms. The highest BCUT2D eigenvalue weighted by Crippen LogP contribution is 2.44. The number of fused-ring (bicyclic) bond motifs is 7. The summed E-state index contributed by atoms with van der Waals surface area (Å²) in [5.41, 5.74) is 2.94. The van der Waals surface area contributed by atoms with Crippen molar-refractivity contribution in [1.29, 1.82) is 0 Å². The second-order valence-electron chi connectivity index (χ2n) is 8.88. The summed E-state index contributed by atoms with van der Waals surface area (Å²) in [6.07, 6.45) is 3.15. The molecule has 186 valence electrons. The van der Waals surface area contributed by atoms with Crippen LogP contribution in [0.1, 0.15) is 36.8 Å². The van der Waals surface area contributed by atoms with E-state index < -0.39 is 11.9 Å². The zero-order chi connectivity index (χ0) is 25.1. The Bertz CT molecular complexity index is 1260. The van der Waals surface area contributed by atoms with Gasteiger partial charge < -0.3 is 24.4 Å². The predicted molar refractivity (Wildman–Crippen MR) is 133 cm³/mol. The number of carboxylic acids is 2. The summed E-state index contributed by atoms with van der Waals surface area (Å²) in [4.78, 5) is 21.9. The van der Waals surface area contributed by atoms with Crippen molar-refractivity contribution in [3.05, 3.63) is 41.5 Å². The van der Waals surface area contributed by atoms with Crippen molar-refractivity contribution in [2.75, 3.05) is 27.9 Å². The second-order valence-corrected chi connectivity index (χ2v) is 8.88. The fourth-order valence-corrected chi connectivity index (χ4v) is 5.21. The van der Waals surface area contributed by atoms with Gasteiger partial charge in [-0.05, 0) is 82.7 Å². The zero-order valence-electron chi connectivity index (χ0n) is 20.3. The van der Waals surface area contributed by atoms with Crippen molar-refractivity contribution >= 4 is 33.5 Å². The molecule has 3 aromatic rings. The van der Waals surface area contributed by atoms with E-state index in [0.717, 1.165) is 30.2 Å². The number of nitrogens with zero attached hydrogens (tertiary/aromatic N) is 1. The van der Waals surface area contributed by atoms with Crippen LogP contribution in [0, 0.1) is 0 Å². The van der Waals surface area contributed by atoms with Gasteiger partial charge in [0.1, 0.15) is 5.75 Å². The molecule has 1 fully saturated rings.